The molecule has 0 rings (SSSR count). The molecule has 0 spiro atoms. The van der Waals surface area contributed by atoms with Crippen molar-refractivity contribution in [1.82, 2.24) is 5.32 Å². The van der Waals surface area contributed by atoms with Crippen molar-refractivity contribution in [1.29, 1.82) is 0 Å². The Balaban J connectivity index is 3.25. The van der Waals surface area contributed by atoms with Crippen LogP contribution in [0, 0.1) is 0 Å². The second kappa shape index (κ2) is 13.0. The van der Waals surface area contributed by atoms with Gasteiger partial charge in [-0.1, -0.05) is 72.1 Å². The molecule has 0 aliphatic carbocycles. The molecule has 0 aromatic heterocycles. The van der Waals surface area contributed by atoms with Gasteiger partial charge in [-0.25, -0.2) is 0 Å². The van der Waals surface area contributed by atoms with Crippen molar-refractivity contribution < 1.29 is 0 Å². The Kier molecular flexibility index (Phi) is 13.0. The highest BCUT2D eigenvalue weighted by atomic mass is 14.9. The third kappa shape index (κ3) is 10.5. The van der Waals surface area contributed by atoms with Gasteiger partial charge in [0.25, 0.3) is 0 Å². The number of nitrogens with one attached hydrogen (secondary N) is 1. The molecule has 0 saturated heterocycles. The molecule has 1 atom stereocenters. The second-order valence-electron chi connectivity index (χ2n) is 4.95. The molecule has 0 aliphatic heterocycles. The standard InChI is InChI=1S/C15H33N/c1-4-7-8-9-10-11-12-14-15(13-5-2)16-6-3/h15-16H,4-14H2,1-3H3. The van der Waals surface area contributed by atoms with Crippen molar-refractivity contribution in [2.75, 3.05) is 6.54 Å². The van der Waals surface area contributed by atoms with Crippen LogP contribution in [0.25, 0.3) is 0 Å². The third-order valence-electron chi connectivity index (χ3n) is 3.29. The predicted molar refractivity (Wildman–Crippen MR) is 75.0 cm³/mol. The molecule has 0 aliphatic rings. The van der Waals surface area contributed by atoms with Crippen molar-refractivity contribution in [3.8, 4) is 0 Å². The third-order valence-corrected chi connectivity index (χ3v) is 3.29. The normalized spacial score (nSPS) is 12.9. The number of unbranched alkanes of at least 4 members (excludes halogenated alkanes) is 6. The predicted octanol–water partition coefficient (Wildman–Crippen LogP) is 4.91. The lowest BCUT2D eigenvalue weighted by Crippen LogP contribution is -2.28. The van der Waals surface area contributed by atoms with Crippen LogP contribution in [0.2, 0.25) is 0 Å². The van der Waals surface area contributed by atoms with Gasteiger partial charge in [0.05, 0.1) is 0 Å². The maximum atomic E-state index is 3.59. The number of hydrogen-bond donors (Lipinski definition) is 1. The summed E-state index contributed by atoms with van der Waals surface area (Å²) < 4.78 is 0. The Morgan fingerprint density at radius 3 is 1.88 bits per heavy atom. The molecule has 1 heteroatoms. The molecule has 0 amide bonds. The zero-order valence-corrected chi connectivity index (χ0v) is 11.9. The second-order valence-corrected chi connectivity index (χ2v) is 4.95. The minimum Gasteiger partial charge on any atom is -0.314 e. The van der Waals surface area contributed by atoms with Crippen LogP contribution in [0.1, 0.15) is 85.0 Å². The van der Waals surface area contributed by atoms with E-state index >= 15 is 0 Å². The van der Waals surface area contributed by atoms with E-state index in [4.69, 9.17) is 0 Å². The molecular formula is C15H33N. The van der Waals surface area contributed by atoms with Crippen LogP contribution in [0.4, 0.5) is 0 Å². The van der Waals surface area contributed by atoms with E-state index in [2.05, 4.69) is 26.1 Å². The van der Waals surface area contributed by atoms with Gasteiger partial charge in [0, 0.05) is 6.04 Å². The van der Waals surface area contributed by atoms with E-state index in [1.54, 1.807) is 0 Å². The zero-order chi connectivity index (χ0) is 12.1. The Bertz CT molecular complexity index is 117. The minimum absolute atomic E-state index is 0.783. The largest absolute Gasteiger partial charge is 0.314 e. The molecule has 1 N–H and O–H groups in total. The summed E-state index contributed by atoms with van der Waals surface area (Å²) in [5.74, 6) is 0. The van der Waals surface area contributed by atoms with Crippen molar-refractivity contribution in [2.24, 2.45) is 0 Å². The smallest absolute Gasteiger partial charge is 0.00668 e. The van der Waals surface area contributed by atoms with Crippen LogP contribution in [0.5, 0.6) is 0 Å². The monoisotopic (exact) mass is 227 g/mol. The summed E-state index contributed by atoms with van der Waals surface area (Å²) in [7, 11) is 0. The molecule has 0 heterocycles. The van der Waals surface area contributed by atoms with Gasteiger partial charge in [0.2, 0.25) is 0 Å². The van der Waals surface area contributed by atoms with Crippen LogP contribution in [0.15, 0.2) is 0 Å². The summed E-state index contributed by atoms with van der Waals surface area (Å²) in [6.07, 6.45) is 14.0. The number of rotatable bonds is 12. The lowest BCUT2D eigenvalue weighted by Gasteiger charge is -2.16. The summed E-state index contributed by atoms with van der Waals surface area (Å²) in [5.41, 5.74) is 0. The van der Waals surface area contributed by atoms with Crippen LogP contribution >= 0.6 is 0 Å². The molecule has 16 heavy (non-hydrogen) atoms. The Hall–Kier alpha value is -0.0400. The fourth-order valence-corrected chi connectivity index (χ4v) is 2.33. The molecule has 0 aromatic carbocycles. The minimum atomic E-state index is 0.783. The number of hydrogen-bond acceptors (Lipinski definition) is 1. The Morgan fingerprint density at radius 1 is 0.688 bits per heavy atom. The van der Waals surface area contributed by atoms with E-state index < -0.39 is 0 Å². The topological polar surface area (TPSA) is 12.0 Å². The van der Waals surface area contributed by atoms with Gasteiger partial charge in [-0.15, -0.1) is 0 Å². The summed E-state index contributed by atoms with van der Waals surface area (Å²) in [6, 6.07) is 0.783. The molecule has 0 saturated carbocycles. The first kappa shape index (κ1) is 16.0. The van der Waals surface area contributed by atoms with E-state index in [0.717, 1.165) is 12.6 Å². The average molecular weight is 227 g/mol. The van der Waals surface area contributed by atoms with Crippen LogP contribution in [-0.2, 0) is 0 Å². The lowest BCUT2D eigenvalue weighted by atomic mass is 10.0. The van der Waals surface area contributed by atoms with Crippen LogP contribution in [-0.4, -0.2) is 12.6 Å². The Labute approximate surface area is 103 Å². The highest BCUT2D eigenvalue weighted by Crippen LogP contribution is 2.11. The summed E-state index contributed by atoms with van der Waals surface area (Å²) in [5, 5.41) is 3.59. The summed E-state index contributed by atoms with van der Waals surface area (Å²) in [6.45, 7) is 7.91. The maximum absolute atomic E-state index is 3.59. The fraction of sp³-hybridized carbons (Fsp3) is 1.00. The Morgan fingerprint density at radius 2 is 1.31 bits per heavy atom. The highest BCUT2D eigenvalue weighted by molar-refractivity contribution is 4.65. The van der Waals surface area contributed by atoms with Gasteiger partial charge in [0.15, 0.2) is 0 Å². The van der Waals surface area contributed by atoms with Crippen molar-refractivity contribution in [3.63, 3.8) is 0 Å². The van der Waals surface area contributed by atoms with Gasteiger partial charge in [-0.05, 0) is 19.4 Å². The molecule has 0 bridgehead atoms. The molecule has 0 radical (unpaired) electrons. The van der Waals surface area contributed by atoms with Gasteiger partial charge < -0.3 is 5.32 Å². The van der Waals surface area contributed by atoms with Gasteiger partial charge in [-0.2, -0.15) is 0 Å². The average Bonchev–Trinajstić information content (AvgIpc) is 2.28. The van der Waals surface area contributed by atoms with Crippen molar-refractivity contribution in [3.05, 3.63) is 0 Å². The van der Waals surface area contributed by atoms with E-state index in [9.17, 15) is 0 Å². The van der Waals surface area contributed by atoms with E-state index in [1.807, 2.05) is 0 Å². The maximum Gasteiger partial charge on any atom is 0.00668 e. The zero-order valence-electron chi connectivity index (χ0n) is 11.9. The van der Waals surface area contributed by atoms with E-state index in [0.29, 0.717) is 0 Å². The van der Waals surface area contributed by atoms with Gasteiger partial charge in [0.1, 0.15) is 0 Å². The molecule has 0 fully saturated rings. The fourth-order valence-electron chi connectivity index (χ4n) is 2.33. The molecule has 0 aromatic rings. The molecule has 98 valence electrons. The van der Waals surface area contributed by atoms with E-state index in [-0.39, 0.29) is 0 Å². The van der Waals surface area contributed by atoms with Crippen LogP contribution < -0.4 is 5.32 Å². The summed E-state index contributed by atoms with van der Waals surface area (Å²) >= 11 is 0. The van der Waals surface area contributed by atoms with Crippen LogP contribution in [0.3, 0.4) is 0 Å². The molecule has 1 nitrogen and oxygen atoms in total. The van der Waals surface area contributed by atoms with E-state index in [1.165, 1.54) is 64.2 Å². The highest BCUT2D eigenvalue weighted by Gasteiger charge is 2.04. The van der Waals surface area contributed by atoms with Gasteiger partial charge >= 0.3 is 0 Å². The molecule has 1 unspecified atom stereocenters. The molecular weight excluding hydrogens is 194 g/mol. The van der Waals surface area contributed by atoms with Crippen molar-refractivity contribution in [2.45, 2.75) is 91.0 Å². The SMILES string of the molecule is CCCCCCCCCC(CCC)NCC. The van der Waals surface area contributed by atoms with Gasteiger partial charge in [-0.3, -0.25) is 0 Å². The first-order valence-electron chi connectivity index (χ1n) is 7.58. The van der Waals surface area contributed by atoms with Crippen molar-refractivity contribution >= 4 is 0 Å². The summed E-state index contributed by atoms with van der Waals surface area (Å²) in [4.78, 5) is 0. The lowest BCUT2D eigenvalue weighted by molar-refractivity contribution is 0.435. The first-order valence-corrected chi connectivity index (χ1v) is 7.58. The quantitative estimate of drug-likeness (QED) is 0.467. The first-order chi connectivity index (χ1) is 7.85.